The van der Waals surface area contributed by atoms with Gasteiger partial charge in [-0.3, -0.25) is 0 Å². The summed E-state index contributed by atoms with van der Waals surface area (Å²) in [5.41, 5.74) is 2.86. The van der Waals surface area contributed by atoms with Crippen LogP contribution in [0.5, 0.6) is 5.75 Å². The van der Waals surface area contributed by atoms with Gasteiger partial charge < -0.3 is 14.3 Å². The molecule has 1 fully saturated rings. The molecule has 0 radical (unpaired) electrons. The average Bonchev–Trinajstić information content (AvgIpc) is 2.67. The van der Waals surface area contributed by atoms with Crippen LogP contribution in [0.4, 0.5) is 0 Å². The maximum absolute atomic E-state index is 11.4. The van der Waals surface area contributed by atoms with Crippen molar-refractivity contribution in [1.82, 2.24) is 0 Å². The first kappa shape index (κ1) is 20.1. The molecule has 1 saturated carbocycles. The highest BCUT2D eigenvalue weighted by molar-refractivity contribution is 5.51. The Morgan fingerprint density at radius 1 is 1.15 bits per heavy atom. The Morgan fingerprint density at radius 2 is 1.89 bits per heavy atom. The Balaban J connectivity index is 1.68. The molecule has 0 amide bonds. The number of fused-ring (bicyclic) bond motifs is 1. The van der Waals surface area contributed by atoms with Crippen molar-refractivity contribution >= 4 is 6.29 Å². The Hall–Kier alpha value is -1.61. The van der Waals surface area contributed by atoms with E-state index in [-0.39, 0.29) is 10.8 Å². The van der Waals surface area contributed by atoms with Gasteiger partial charge in [0, 0.05) is 6.42 Å². The van der Waals surface area contributed by atoms with Gasteiger partial charge in [-0.2, -0.15) is 0 Å². The fourth-order valence-electron chi connectivity index (χ4n) is 5.53. The molecule has 2 aliphatic carbocycles. The lowest BCUT2D eigenvalue weighted by Crippen LogP contribution is -2.50. The Labute approximate surface area is 164 Å². The van der Waals surface area contributed by atoms with Gasteiger partial charge in [0.25, 0.3) is 0 Å². The van der Waals surface area contributed by atoms with Crippen LogP contribution in [0.1, 0.15) is 58.4 Å². The van der Waals surface area contributed by atoms with Crippen LogP contribution >= 0.6 is 0 Å². The van der Waals surface area contributed by atoms with Crippen LogP contribution < -0.4 is 4.74 Å². The Kier molecular flexibility index (Phi) is 6.10. The molecule has 1 aromatic carbocycles. The molecule has 2 aliphatic rings. The lowest BCUT2D eigenvalue weighted by Gasteiger charge is -2.57. The highest BCUT2D eigenvalue weighted by atomic mass is 16.5. The number of rotatable bonds is 7. The maximum atomic E-state index is 11.4. The van der Waals surface area contributed by atoms with Crippen LogP contribution in [0.15, 0.2) is 35.9 Å². The second-order valence-corrected chi connectivity index (χ2v) is 8.93. The smallest absolute Gasteiger partial charge is 0.120 e. The molecule has 0 bridgehead atoms. The highest BCUT2D eigenvalue weighted by Gasteiger charge is 2.53. The van der Waals surface area contributed by atoms with E-state index in [1.807, 2.05) is 12.1 Å². The summed E-state index contributed by atoms with van der Waals surface area (Å²) in [5.74, 6) is 2.03. The number of carbonyl (C=O) groups excluding carboxylic acids is 1. The van der Waals surface area contributed by atoms with Crippen LogP contribution in [0, 0.1) is 22.7 Å². The van der Waals surface area contributed by atoms with Gasteiger partial charge in [-0.25, -0.2) is 0 Å². The lowest BCUT2D eigenvalue weighted by molar-refractivity contribution is -0.116. The summed E-state index contributed by atoms with van der Waals surface area (Å²) in [6.07, 6.45) is 8.89. The van der Waals surface area contributed by atoms with E-state index in [0.717, 1.165) is 24.0 Å². The molecular weight excluding hydrogens is 336 g/mol. The first-order chi connectivity index (χ1) is 12.9. The zero-order chi connectivity index (χ0) is 19.5. The van der Waals surface area contributed by atoms with Gasteiger partial charge in [0.2, 0.25) is 0 Å². The molecular formula is C24H34O3. The van der Waals surface area contributed by atoms with E-state index in [1.54, 1.807) is 7.11 Å². The molecule has 3 rings (SSSR count). The third-order valence-corrected chi connectivity index (χ3v) is 7.58. The summed E-state index contributed by atoms with van der Waals surface area (Å²) in [6, 6.07) is 8.07. The molecule has 0 spiro atoms. The largest absolute Gasteiger partial charge is 0.497 e. The van der Waals surface area contributed by atoms with Crippen molar-refractivity contribution in [3.05, 3.63) is 41.5 Å². The molecule has 27 heavy (non-hydrogen) atoms. The second-order valence-electron chi connectivity index (χ2n) is 8.93. The molecule has 0 aliphatic heterocycles. The summed E-state index contributed by atoms with van der Waals surface area (Å²) >= 11 is 0. The van der Waals surface area contributed by atoms with E-state index in [0.29, 0.717) is 31.5 Å². The lowest BCUT2D eigenvalue weighted by atomic mass is 9.47. The van der Waals surface area contributed by atoms with Gasteiger partial charge in [-0.05, 0) is 71.6 Å². The third-order valence-electron chi connectivity index (χ3n) is 7.58. The number of methoxy groups -OCH3 is 1. The summed E-state index contributed by atoms with van der Waals surface area (Å²) in [7, 11) is 1.68. The van der Waals surface area contributed by atoms with Crippen LogP contribution in [0.25, 0.3) is 0 Å². The van der Waals surface area contributed by atoms with Crippen molar-refractivity contribution in [2.24, 2.45) is 22.7 Å². The van der Waals surface area contributed by atoms with Crippen LogP contribution in [0.2, 0.25) is 0 Å². The summed E-state index contributed by atoms with van der Waals surface area (Å²) < 4.78 is 11.3. The minimum atomic E-state index is 0.101. The Bertz CT molecular complexity index is 677. The van der Waals surface area contributed by atoms with E-state index in [4.69, 9.17) is 9.47 Å². The van der Waals surface area contributed by atoms with Crippen molar-refractivity contribution in [3.63, 3.8) is 0 Å². The number of hydrogen-bond donors (Lipinski definition) is 0. The predicted molar refractivity (Wildman–Crippen MR) is 109 cm³/mol. The normalized spacial score (nSPS) is 33.1. The number of allylic oxidation sites excluding steroid dienone is 1. The molecule has 0 saturated heterocycles. The van der Waals surface area contributed by atoms with E-state index in [2.05, 4.69) is 39.0 Å². The van der Waals surface area contributed by atoms with Gasteiger partial charge in [0.15, 0.2) is 0 Å². The predicted octanol–water partition coefficient (Wildman–Crippen LogP) is 5.58. The number of benzene rings is 1. The molecule has 0 heterocycles. The Morgan fingerprint density at radius 3 is 2.56 bits per heavy atom. The number of aldehydes is 1. The number of carbonyl (C=O) groups is 1. The molecule has 148 valence electrons. The fraction of sp³-hybridized carbons (Fsp3) is 0.625. The van der Waals surface area contributed by atoms with Gasteiger partial charge >= 0.3 is 0 Å². The monoisotopic (exact) mass is 370 g/mol. The molecule has 4 atom stereocenters. The topological polar surface area (TPSA) is 35.5 Å². The zero-order valence-corrected chi connectivity index (χ0v) is 17.3. The quantitative estimate of drug-likeness (QED) is 0.464. The van der Waals surface area contributed by atoms with Gasteiger partial charge in [-0.1, -0.05) is 39.0 Å². The van der Waals surface area contributed by atoms with Crippen molar-refractivity contribution in [3.8, 4) is 5.75 Å². The number of ether oxygens (including phenoxy) is 2. The first-order valence-electron chi connectivity index (χ1n) is 10.3. The van der Waals surface area contributed by atoms with E-state index in [1.165, 1.54) is 24.8 Å². The average molecular weight is 371 g/mol. The van der Waals surface area contributed by atoms with Crippen molar-refractivity contribution in [2.75, 3.05) is 13.7 Å². The molecule has 0 N–H and O–H groups in total. The third kappa shape index (κ3) is 3.85. The van der Waals surface area contributed by atoms with Crippen molar-refractivity contribution in [2.45, 2.75) is 59.5 Å². The van der Waals surface area contributed by atoms with E-state index in [9.17, 15) is 4.79 Å². The first-order valence-corrected chi connectivity index (χ1v) is 10.3. The zero-order valence-electron chi connectivity index (χ0n) is 17.3. The second kappa shape index (κ2) is 8.18. The maximum Gasteiger partial charge on any atom is 0.120 e. The van der Waals surface area contributed by atoms with E-state index >= 15 is 0 Å². The highest BCUT2D eigenvalue weighted by Crippen LogP contribution is 2.61. The SMILES string of the molecule is COc1ccc(COCC2=CCC[C@H]3[C@](C)(CC=O)[C@H](C)CC[C@]23C)cc1. The summed E-state index contributed by atoms with van der Waals surface area (Å²) in [6.45, 7) is 8.39. The van der Waals surface area contributed by atoms with Gasteiger partial charge in [0.1, 0.15) is 12.0 Å². The van der Waals surface area contributed by atoms with Crippen LogP contribution in [-0.2, 0) is 16.1 Å². The van der Waals surface area contributed by atoms with Crippen LogP contribution in [0.3, 0.4) is 0 Å². The van der Waals surface area contributed by atoms with Crippen molar-refractivity contribution < 1.29 is 14.3 Å². The fourth-order valence-corrected chi connectivity index (χ4v) is 5.53. The van der Waals surface area contributed by atoms with Gasteiger partial charge in [-0.15, -0.1) is 0 Å². The minimum Gasteiger partial charge on any atom is -0.497 e. The summed E-state index contributed by atoms with van der Waals surface area (Å²) in [4.78, 5) is 11.4. The molecule has 0 unspecified atom stereocenters. The number of hydrogen-bond acceptors (Lipinski definition) is 3. The van der Waals surface area contributed by atoms with Crippen molar-refractivity contribution in [1.29, 1.82) is 0 Å². The summed E-state index contributed by atoms with van der Waals surface area (Å²) in [5, 5.41) is 0. The molecule has 0 aromatic heterocycles. The molecule has 3 heteroatoms. The molecule has 1 aromatic rings. The van der Waals surface area contributed by atoms with Gasteiger partial charge in [0.05, 0.1) is 20.3 Å². The molecule has 3 nitrogen and oxygen atoms in total. The van der Waals surface area contributed by atoms with Crippen LogP contribution in [-0.4, -0.2) is 20.0 Å². The standard InChI is InChI=1S/C24H34O3/c1-18-12-13-24(3)20(6-5-7-22(24)23(18,2)14-15-25)17-27-16-19-8-10-21(26-4)11-9-19/h6,8-11,15,18,22H,5,7,12-14,16-17H2,1-4H3/t18-,22+,23-,24-/m1/s1. The van der Waals surface area contributed by atoms with E-state index < -0.39 is 0 Å². The minimum absolute atomic E-state index is 0.101.